The molecule has 0 aromatic heterocycles. The molecule has 0 radical (unpaired) electrons. The number of hydrogen-bond donors (Lipinski definition) is 0. The molecule has 0 atom stereocenters. The SMILES string of the molecule is CCO[Si](C)(C=CCBr)OCC. The fourth-order valence-electron chi connectivity index (χ4n) is 0.970. The predicted octanol–water partition coefficient (Wildman–Crippen LogP) is 2.62. The molecule has 0 heterocycles. The zero-order chi connectivity index (χ0) is 9.45. The fourth-order valence-corrected chi connectivity index (χ4v) is 3.47. The van der Waals surface area contributed by atoms with Crippen LogP contribution in [0.5, 0.6) is 0 Å². The summed E-state index contributed by atoms with van der Waals surface area (Å²) in [4.78, 5) is 0. The van der Waals surface area contributed by atoms with Crippen LogP contribution in [0.1, 0.15) is 13.8 Å². The molecule has 0 spiro atoms. The molecule has 0 aliphatic carbocycles. The zero-order valence-corrected chi connectivity index (χ0v) is 10.6. The van der Waals surface area contributed by atoms with Gasteiger partial charge in [-0.2, -0.15) is 0 Å². The third kappa shape index (κ3) is 5.08. The van der Waals surface area contributed by atoms with Gasteiger partial charge in [-0.1, -0.05) is 22.0 Å². The van der Waals surface area contributed by atoms with Gasteiger partial charge in [0, 0.05) is 18.5 Å². The first-order valence-electron chi connectivity index (χ1n) is 4.20. The Bertz CT molecular complexity index is 133. The van der Waals surface area contributed by atoms with Gasteiger partial charge in [0.2, 0.25) is 0 Å². The summed E-state index contributed by atoms with van der Waals surface area (Å²) in [6.45, 7) is 7.47. The third-order valence-corrected chi connectivity index (χ3v) is 4.31. The Morgan fingerprint density at radius 3 is 2.08 bits per heavy atom. The van der Waals surface area contributed by atoms with E-state index in [2.05, 4.69) is 28.2 Å². The largest absolute Gasteiger partial charge is 0.392 e. The third-order valence-electron chi connectivity index (χ3n) is 1.37. The van der Waals surface area contributed by atoms with Crippen LogP contribution in [0.4, 0.5) is 0 Å². The Balaban J connectivity index is 4.06. The van der Waals surface area contributed by atoms with Crippen LogP contribution in [0.15, 0.2) is 11.8 Å². The molecule has 0 aromatic rings. The number of halogens is 1. The van der Waals surface area contributed by atoms with E-state index in [0.717, 1.165) is 18.5 Å². The lowest BCUT2D eigenvalue weighted by Crippen LogP contribution is -2.36. The first-order chi connectivity index (χ1) is 5.68. The van der Waals surface area contributed by atoms with Crippen LogP contribution in [0.2, 0.25) is 6.55 Å². The standard InChI is InChI=1S/C8H17BrO2Si/c1-4-10-12(3,11-5-2)8-6-7-9/h6,8H,4-5,7H2,1-3H3. The van der Waals surface area contributed by atoms with Crippen LogP contribution in [0.3, 0.4) is 0 Å². The highest BCUT2D eigenvalue weighted by atomic mass is 79.9. The van der Waals surface area contributed by atoms with E-state index in [1.807, 2.05) is 19.9 Å². The summed E-state index contributed by atoms with van der Waals surface area (Å²) in [6, 6.07) is 0. The second-order valence-electron chi connectivity index (χ2n) is 2.44. The summed E-state index contributed by atoms with van der Waals surface area (Å²) in [6.07, 6.45) is 2.04. The smallest absolute Gasteiger partial charge is 0.361 e. The molecular weight excluding hydrogens is 236 g/mol. The second kappa shape index (κ2) is 6.83. The van der Waals surface area contributed by atoms with Gasteiger partial charge in [-0.15, -0.1) is 0 Å². The predicted molar refractivity (Wildman–Crippen MR) is 57.8 cm³/mol. The number of allylic oxidation sites excluding steroid dienone is 1. The molecule has 0 fully saturated rings. The van der Waals surface area contributed by atoms with E-state index in [9.17, 15) is 0 Å². The monoisotopic (exact) mass is 252 g/mol. The minimum absolute atomic E-state index is 0.718. The second-order valence-corrected chi connectivity index (χ2v) is 6.03. The fraction of sp³-hybridized carbons (Fsp3) is 0.750. The van der Waals surface area contributed by atoms with Crippen molar-refractivity contribution < 1.29 is 8.85 Å². The molecule has 2 nitrogen and oxygen atoms in total. The Kier molecular flexibility index (Phi) is 7.03. The van der Waals surface area contributed by atoms with Gasteiger partial charge in [0.25, 0.3) is 0 Å². The number of hydrogen-bond acceptors (Lipinski definition) is 2. The molecule has 72 valence electrons. The average Bonchev–Trinajstić information content (AvgIpc) is 2.02. The Morgan fingerprint density at radius 1 is 1.25 bits per heavy atom. The molecule has 0 amide bonds. The van der Waals surface area contributed by atoms with Gasteiger partial charge in [-0.3, -0.25) is 0 Å². The van der Waals surface area contributed by atoms with Gasteiger partial charge in [0.05, 0.1) is 0 Å². The van der Waals surface area contributed by atoms with Crippen molar-refractivity contribution in [1.82, 2.24) is 0 Å². The van der Waals surface area contributed by atoms with Gasteiger partial charge < -0.3 is 8.85 Å². The molecule has 0 aliphatic heterocycles. The molecule has 0 rings (SSSR count). The van der Waals surface area contributed by atoms with Gasteiger partial charge in [0.1, 0.15) is 0 Å². The van der Waals surface area contributed by atoms with E-state index in [0.29, 0.717) is 0 Å². The first-order valence-corrected chi connectivity index (χ1v) is 7.71. The van der Waals surface area contributed by atoms with E-state index >= 15 is 0 Å². The Labute approximate surface area is 84.3 Å². The molecule has 0 bridgehead atoms. The maximum Gasteiger partial charge on any atom is 0.361 e. The number of alkyl halides is 1. The maximum absolute atomic E-state index is 5.58. The Hall–Kier alpha value is 0.357. The summed E-state index contributed by atoms with van der Waals surface area (Å²) >= 11 is 3.33. The number of rotatable bonds is 6. The van der Waals surface area contributed by atoms with Gasteiger partial charge >= 0.3 is 8.56 Å². The first kappa shape index (κ1) is 12.4. The van der Waals surface area contributed by atoms with Crippen LogP contribution in [-0.2, 0) is 8.85 Å². The summed E-state index contributed by atoms with van der Waals surface area (Å²) < 4.78 is 11.2. The van der Waals surface area contributed by atoms with Crippen molar-refractivity contribution >= 4 is 24.5 Å². The minimum atomic E-state index is -1.98. The quantitative estimate of drug-likeness (QED) is 0.535. The van der Waals surface area contributed by atoms with E-state index in [-0.39, 0.29) is 0 Å². The van der Waals surface area contributed by atoms with E-state index < -0.39 is 8.56 Å². The topological polar surface area (TPSA) is 18.5 Å². The van der Waals surface area contributed by atoms with Crippen molar-refractivity contribution in [1.29, 1.82) is 0 Å². The summed E-state index contributed by atoms with van der Waals surface area (Å²) in [5.41, 5.74) is 2.06. The van der Waals surface area contributed by atoms with Crippen molar-refractivity contribution in [3.05, 3.63) is 11.8 Å². The molecule has 0 saturated carbocycles. The normalized spacial score (nSPS) is 12.7. The lowest BCUT2D eigenvalue weighted by Gasteiger charge is -2.21. The minimum Gasteiger partial charge on any atom is -0.392 e. The molecule has 0 aliphatic rings. The van der Waals surface area contributed by atoms with Crippen molar-refractivity contribution in [2.75, 3.05) is 18.5 Å². The molecule has 0 aromatic carbocycles. The van der Waals surface area contributed by atoms with E-state index in [1.165, 1.54) is 0 Å². The average molecular weight is 253 g/mol. The van der Waals surface area contributed by atoms with Crippen molar-refractivity contribution in [2.24, 2.45) is 0 Å². The lowest BCUT2D eigenvalue weighted by molar-refractivity contribution is 0.201. The summed E-state index contributed by atoms with van der Waals surface area (Å²) in [5, 5.41) is 0.857. The van der Waals surface area contributed by atoms with Crippen LogP contribution in [0, 0.1) is 0 Å². The molecule has 12 heavy (non-hydrogen) atoms. The van der Waals surface area contributed by atoms with Gasteiger partial charge in [-0.05, 0) is 26.1 Å². The highest BCUT2D eigenvalue weighted by Crippen LogP contribution is 2.08. The summed E-state index contributed by atoms with van der Waals surface area (Å²) in [7, 11) is -1.98. The van der Waals surface area contributed by atoms with Crippen LogP contribution in [0.25, 0.3) is 0 Å². The van der Waals surface area contributed by atoms with Crippen LogP contribution < -0.4 is 0 Å². The van der Waals surface area contributed by atoms with Crippen molar-refractivity contribution in [2.45, 2.75) is 20.4 Å². The molecule has 0 N–H and O–H groups in total. The molecule has 0 unspecified atom stereocenters. The van der Waals surface area contributed by atoms with E-state index in [1.54, 1.807) is 0 Å². The Morgan fingerprint density at radius 2 is 1.75 bits per heavy atom. The van der Waals surface area contributed by atoms with Gasteiger partial charge in [0.15, 0.2) is 0 Å². The van der Waals surface area contributed by atoms with Gasteiger partial charge in [-0.25, -0.2) is 0 Å². The molecular formula is C8H17BrO2Si. The molecule has 0 saturated heterocycles. The van der Waals surface area contributed by atoms with Crippen molar-refractivity contribution in [3.63, 3.8) is 0 Å². The lowest BCUT2D eigenvalue weighted by atomic mass is 10.8. The zero-order valence-electron chi connectivity index (χ0n) is 7.97. The van der Waals surface area contributed by atoms with Crippen molar-refractivity contribution in [3.8, 4) is 0 Å². The summed E-state index contributed by atoms with van der Waals surface area (Å²) in [5.74, 6) is 0. The highest BCUT2D eigenvalue weighted by molar-refractivity contribution is 9.09. The molecule has 4 heteroatoms. The van der Waals surface area contributed by atoms with Crippen LogP contribution in [-0.4, -0.2) is 27.1 Å². The van der Waals surface area contributed by atoms with Crippen LogP contribution >= 0.6 is 15.9 Å². The highest BCUT2D eigenvalue weighted by Gasteiger charge is 2.26. The maximum atomic E-state index is 5.58. The van der Waals surface area contributed by atoms with E-state index in [4.69, 9.17) is 8.85 Å².